The zero-order chi connectivity index (χ0) is 20.4. The Labute approximate surface area is 181 Å². The number of amides is 1. The molecule has 0 fully saturated rings. The van der Waals surface area contributed by atoms with E-state index in [-0.39, 0.29) is 5.91 Å². The van der Waals surface area contributed by atoms with Crippen LogP contribution in [0.4, 0.5) is 5.82 Å². The van der Waals surface area contributed by atoms with Crippen LogP contribution in [0.1, 0.15) is 13.3 Å². The number of nitrogens with one attached hydrogen (secondary N) is 2. The average Bonchev–Trinajstić information content (AvgIpc) is 3.38. The molecule has 0 aliphatic carbocycles. The number of hydrogen-bond donors (Lipinski definition) is 2. The maximum absolute atomic E-state index is 11.7. The zero-order valence-electron chi connectivity index (χ0n) is 15.2. The fourth-order valence-corrected chi connectivity index (χ4v) is 4.25. The number of carbonyl (C=O) groups is 1. The van der Waals surface area contributed by atoms with Gasteiger partial charge in [0, 0.05) is 41.2 Å². The van der Waals surface area contributed by atoms with E-state index in [1.165, 1.54) is 11.3 Å². The summed E-state index contributed by atoms with van der Waals surface area (Å²) < 4.78 is 0. The maximum Gasteiger partial charge on any atom is 0.225 e. The topological polar surface area (TPSA) is 83.6 Å². The number of pyridine rings is 1. The highest BCUT2D eigenvalue weighted by molar-refractivity contribution is 7.18. The SMILES string of the molecule is CCC(=O)Nc1cc(-c2nc(-c3ccc(Cl)cc3Cl)c(-c3ncc[nH]3)s2)ccn1. The number of carbonyl (C=O) groups excluding carboxylic acids is 1. The van der Waals surface area contributed by atoms with Crippen molar-refractivity contribution in [2.24, 2.45) is 0 Å². The van der Waals surface area contributed by atoms with E-state index in [1.54, 1.807) is 43.7 Å². The van der Waals surface area contributed by atoms with Crippen molar-refractivity contribution < 1.29 is 4.79 Å². The lowest BCUT2D eigenvalue weighted by Gasteiger charge is -2.04. The van der Waals surface area contributed by atoms with Crippen molar-refractivity contribution in [2.75, 3.05) is 5.32 Å². The number of H-pyrrole nitrogens is 1. The number of imidazole rings is 1. The van der Waals surface area contributed by atoms with Gasteiger partial charge in [0.1, 0.15) is 16.6 Å². The Morgan fingerprint density at radius 3 is 2.76 bits per heavy atom. The summed E-state index contributed by atoms with van der Waals surface area (Å²) in [5, 5.41) is 4.59. The number of benzene rings is 1. The van der Waals surface area contributed by atoms with E-state index in [2.05, 4.69) is 20.3 Å². The second-order valence-electron chi connectivity index (χ2n) is 6.09. The van der Waals surface area contributed by atoms with Crippen LogP contribution < -0.4 is 5.32 Å². The molecule has 0 aliphatic heterocycles. The lowest BCUT2D eigenvalue weighted by Crippen LogP contribution is -2.10. The highest BCUT2D eigenvalue weighted by Gasteiger charge is 2.20. The third-order valence-corrected chi connectivity index (χ3v) is 5.78. The molecule has 0 aliphatic rings. The van der Waals surface area contributed by atoms with Crippen LogP contribution >= 0.6 is 34.5 Å². The number of aromatic amines is 1. The van der Waals surface area contributed by atoms with Crippen LogP contribution in [0.5, 0.6) is 0 Å². The number of halogens is 2. The summed E-state index contributed by atoms with van der Waals surface area (Å²) in [5.41, 5.74) is 2.30. The van der Waals surface area contributed by atoms with Crippen molar-refractivity contribution in [3.8, 4) is 32.5 Å². The van der Waals surface area contributed by atoms with Crippen LogP contribution in [0.2, 0.25) is 10.0 Å². The zero-order valence-corrected chi connectivity index (χ0v) is 17.6. The summed E-state index contributed by atoms with van der Waals surface area (Å²) in [6.07, 6.45) is 5.47. The molecule has 0 saturated heterocycles. The Kier molecular flexibility index (Phi) is 5.62. The van der Waals surface area contributed by atoms with Crippen LogP contribution in [-0.2, 0) is 4.79 Å². The normalized spacial score (nSPS) is 10.9. The molecule has 4 aromatic rings. The van der Waals surface area contributed by atoms with Crippen molar-refractivity contribution in [3.05, 3.63) is 59.0 Å². The summed E-state index contributed by atoms with van der Waals surface area (Å²) in [6, 6.07) is 8.95. The Morgan fingerprint density at radius 1 is 1.17 bits per heavy atom. The highest BCUT2D eigenvalue weighted by Crippen LogP contribution is 2.42. The van der Waals surface area contributed by atoms with Gasteiger partial charge in [0.25, 0.3) is 0 Å². The van der Waals surface area contributed by atoms with Crippen molar-refractivity contribution >= 4 is 46.3 Å². The van der Waals surface area contributed by atoms with Gasteiger partial charge in [-0.3, -0.25) is 4.79 Å². The Balaban J connectivity index is 1.82. The first-order chi connectivity index (χ1) is 14.0. The number of anilines is 1. The first-order valence-corrected chi connectivity index (χ1v) is 10.3. The quantitative estimate of drug-likeness (QED) is 0.400. The van der Waals surface area contributed by atoms with E-state index < -0.39 is 0 Å². The van der Waals surface area contributed by atoms with Gasteiger partial charge in [0.05, 0.1) is 15.6 Å². The van der Waals surface area contributed by atoms with Crippen LogP contribution in [-0.4, -0.2) is 25.8 Å². The molecule has 9 heteroatoms. The van der Waals surface area contributed by atoms with Gasteiger partial charge in [-0.15, -0.1) is 11.3 Å². The van der Waals surface area contributed by atoms with E-state index in [0.29, 0.717) is 33.8 Å². The highest BCUT2D eigenvalue weighted by atomic mass is 35.5. The third-order valence-electron chi connectivity index (χ3n) is 4.12. The van der Waals surface area contributed by atoms with Crippen LogP contribution in [0, 0.1) is 0 Å². The monoisotopic (exact) mass is 443 g/mol. The first kappa shape index (κ1) is 19.6. The van der Waals surface area contributed by atoms with E-state index in [4.69, 9.17) is 28.2 Å². The summed E-state index contributed by atoms with van der Waals surface area (Å²) in [6.45, 7) is 1.79. The molecule has 0 unspecified atom stereocenters. The van der Waals surface area contributed by atoms with Crippen molar-refractivity contribution in [2.45, 2.75) is 13.3 Å². The van der Waals surface area contributed by atoms with E-state index in [0.717, 1.165) is 21.0 Å². The molecule has 0 saturated carbocycles. The van der Waals surface area contributed by atoms with E-state index in [1.807, 2.05) is 12.1 Å². The van der Waals surface area contributed by atoms with Crippen molar-refractivity contribution in [1.29, 1.82) is 0 Å². The van der Waals surface area contributed by atoms with Gasteiger partial charge in [0.2, 0.25) is 5.91 Å². The summed E-state index contributed by atoms with van der Waals surface area (Å²) in [4.78, 5) is 29.1. The smallest absolute Gasteiger partial charge is 0.225 e. The maximum atomic E-state index is 11.7. The molecular weight excluding hydrogens is 429 g/mol. The number of aromatic nitrogens is 4. The van der Waals surface area contributed by atoms with Crippen molar-refractivity contribution in [1.82, 2.24) is 19.9 Å². The minimum atomic E-state index is -0.0984. The van der Waals surface area contributed by atoms with E-state index >= 15 is 0 Å². The molecule has 29 heavy (non-hydrogen) atoms. The van der Waals surface area contributed by atoms with Gasteiger partial charge >= 0.3 is 0 Å². The lowest BCUT2D eigenvalue weighted by molar-refractivity contribution is -0.115. The third kappa shape index (κ3) is 4.17. The largest absolute Gasteiger partial charge is 0.344 e. The van der Waals surface area contributed by atoms with Crippen LogP contribution in [0.15, 0.2) is 48.9 Å². The lowest BCUT2D eigenvalue weighted by atomic mass is 10.1. The standard InChI is InChI=1S/C20H15Cl2N5OS/c1-2-16(28)26-15-9-11(5-6-23-15)20-27-17(13-4-3-12(21)10-14(13)22)18(29-20)19-24-7-8-25-19/h3-10H,2H2,1H3,(H,24,25)(H,23,26,28). The predicted octanol–water partition coefficient (Wildman–Crippen LogP) is 5.92. The molecule has 6 nitrogen and oxygen atoms in total. The summed E-state index contributed by atoms with van der Waals surface area (Å²) in [5.74, 6) is 1.08. The van der Waals surface area contributed by atoms with Gasteiger partial charge in [-0.25, -0.2) is 15.0 Å². The molecule has 2 N–H and O–H groups in total. The molecule has 146 valence electrons. The molecule has 3 heterocycles. The average molecular weight is 444 g/mol. The molecule has 0 bridgehead atoms. The van der Waals surface area contributed by atoms with Crippen LogP contribution in [0.3, 0.4) is 0 Å². The van der Waals surface area contributed by atoms with Crippen LogP contribution in [0.25, 0.3) is 32.5 Å². The first-order valence-electron chi connectivity index (χ1n) is 8.77. The second-order valence-corrected chi connectivity index (χ2v) is 7.93. The van der Waals surface area contributed by atoms with E-state index in [9.17, 15) is 4.79 Å². The fourth-order valence-electron chi connectivity index (χ4n) is 2.72. The molecule has 3 aromatic heterocycles. The predicted molar refractivity (Wildman–Crippen MR) is 117 cm³/mol. The van der Waals surface area contributed by atoms with Crippen molar-refractivity contribution in [3.63, 3.8) is 0 Å². The Morgan fingerprint density at radius 2 is 2.03 bits per heavy atom. The minimum Gasteiger partial charge on any atom is -0.344 e. The molecule has 0 radical (unpaired) electrons. The molecule has 1 amide bonds. The van der Waals surface area contributed by atoms with Gasteiger partial charge in [0.15, 0.2) is 0 Å². The number of hydrogen-bond acceptors (Lipinski definition) is 5. The second kappa shape index (κ2) is 8.32. The number of nitrogens with zero attached hydrogens (tertiary/aromatic N) is 3. The minimum absolute atomic E-state index is 0.0984. The number of thiazole rings is 1. The van der Waals surface area contributed by atoms with Gasteiger partial charge in [-0.1, -0.05) is 30.1 Å². The fraction of sp³-hybridized carbons (Fsp3) is 0.100. The molecule has 0 spiro atoms. The van der Waals surface area contributed by atoms with Gasteiger partial charge in [-0.05, 0) is 30.3 Å². The molecule has 4 rings (SSSR count). The number of rotatable bonds is 5. The Hall–Kier alpha value is -2.74. The molecular formula is C20H15Cl2N5OS. The summed E-state index contributed by atoms with van der Waals surface area (Å²) >= 11 is 14.0. The Bertz CT molecular complexity index is 1170. The van der Waals surface area contributed by atoms with Gasteiger partial charge < -0.3 is 10.3 Å². The molecule has 1 aromatic carbocycles. The van der Waals surface area contributed by atoms with Gasteiger partial charge in [-0.2, -0.15) is 0 Å². The summed E-state index contributed by atoms with van der Waals surface area (Å²) in [7, 11) is 0. The molecule has 0 atom stereocenters.